The molecule has 20 heavy (non-hydrogen) atoms. The predicted molar refractivity (Wildman–Crippen MR) is 84.8 cm³/mol. The van der Waals surface area contributed by atoms with E-state index in [0.717, 1.165) is 25.4 Å². The summed E-state index contributed by atoms with van der Waals surface area (Å²) in [7, 11) is 1.78. The van der Waals surface area contributed by atoms with Gasteiger partial charge in [0.15, 0.2) is 0 Å². The van der Waals surface area contributed by atoms with Crippen LogP contribution in [-0.4, -0.2) is 20.0 Å². The zero-order valence-corrected chi connectivity index (χ0v) is 14.0. The van der Waals surface area contributed by atoms with Crippen molar-refractivity contribution in [2.45, 2.75) is 72.1 Å². The molecule has 0 radical (unpaired) electrons. The van der Waals surface area contributed by atoms with Crippen molar-refractivity contribution in [2.75, 3.05) is 13.7 Å². The summed E-state index contributed by atoms with van der Waals surface area (Å²) >= 11 is 0. The molecule has 2 nitrogen and oxygen atoms in total. The SMILES string of the molecule is COCC1(C(C=O)CCCCCC(C)C)CCCC1C. The summed E-state index contributed by atoms with van der Waals surface area (Å²) in [6.07, 6.45) is 11.0. The number of hydrogen-bond acceptors (Lipinski definition) is 2. The molecule has 3 atom stereocenters. The summed E-state index contributed by atoms with van der Waals surface area (Å²) < 4.78 is 5.48. The van der Waals surface area contributed by atoms with E-state index in [-0.39, 0.29) is 11.3 Å². The van der Waals surface area contributed by atoms with Gasteiger partial charge in [0.05, 0.1) is 6.61 Å². The van der Waals surface area contributed by atoms with Crippen molar-refractivity contribution in [1.29, 1.82) is 0 Å². The van der Waals surface area contributed by atoms with Gasteiger partial charge >= 0.3 is 0 Å². The highest BCUT2D eigenvalue weighted by molar-refractivity contribution is 5.55. The number of ether oxygens (including phenoxy) is 1. The number of methoxy groups -OCH3 is 1. The first-order chi connectivity index (χ1) is 9.56. The van der Waals surface area contributed by atoms with Crippen molar-refractivity contribution < 1.29 is 9.53 Å². The van der Waals surface area contributed by atoms with E-state index in [1.54, 1.807) is 7.11 Å². The molecular weight excluding hydrogens is 248 g/mol. The Morgan fingerprint density at radius 2 is 1.95 bits per heavy atom. The summed E-state index contributed by atoms with van der Waals surface area (Å²) in [4.78, 5) is 11.6. The van der Waals surface area contributed by atoms with Crippen molar-refractivity contribution in [3.63, 3.8) is 0 Å². The second-order valence-electron chi connectivity index (χ2n) is 7.23. The van der Waals surface area contributed by atoms with Gasteiger partial charge in [-0.3, -0.25) is 0 Å². The maximum Gasteiger partial charge on any atom is 0.123 e. The lowest BCUT2D eigenvalue weighted by atomic mass is 9.68. The summed E-state index contributed by atoms with van der Waals surface area (Å²) in [5, 5.41) is 0. The topological polar surface area (TPSA) is 26.3 Å². The van der Waals surface area contributed by atoms with Gasteiger partial charge in [0, 0.05) is 18.4 Å². The Bertz CT molecular complexity index is 275. The largest absolute Gasteiger partial charge is 0.384 e. The molecule has 0 aliphatic heterocycles. The van der Waals surface area contributed by atoms with Crippen LogP contribution in [0.15, 0.2) is 0 Å². The Morgan fingerprint density at radius 3 is 2.45 bits per heavy atom. The number of carbonyl (C=O) groups is 1. The van der Waals surface area contributed by atoms with Crippen molar-refractivity contribution in [3.05, 3.63) is 0 Å². The second kappa shape index (κ2) is 8.81. The highest BCUT2D eigenvalue weighted by Crippen LogP contribution is 2.49. The Balaban J connectivity index is 2.48. The normalized spacial score (nSPS) is 27.9. The van der Waals surface area contributed by atoms with Crippen molar-refractivity contribution in [1.82, 2.24) is 0 Å². The van der Waals surface area contributed by atoms with E-state index < -0.39 is 0 Å². The average molecular weight is 282 g/mol. The Kier molecular flexibility index (Phi) is 7.79. The smallest absolute Gasteiger partial charge is 0.123 e. The number of hydrogen-bond donors (Lipinski definition) is 0. The lowest BCUT2D eigenvalue weighted by Crippen LogP contribution is -2.38. The van der Waals surface area contributed by atoms with Crippen LogP contribution in [0.25, 0.3) is 0 Å². The minimum atomic E-state index is 0.120. The van der Waals surface area contributed by atoms with Gasteiger partial charge < -0.3 is 9.53 Å². The lowest BCUT2D eigenvalue weighted by molar-refractivity contribution is -0.118. The highest BCUT2D eigenvalue weighted by Gasteiger charge is 2.45. The highest BCUT2D eigenvalue weighted by atomic mass is 16.5. The standard InChI is InChI=1S/C18H34O2/c1-15(2)9-6-5-7-11-17(13-19)18(14-20-4)12-8-10-16(18)3/h13,15-17H,5-12,14H2,1-4H3. The molecule has 1 fully saturated rings. The zero-order chi connectivity index (χ0) is 15.0. The quantitative estimate of drug-likeness (QED) is 0.422. The number of carbonyl (C=O) groups excluding carboxylic acids is 1. The maximum atomic E-state index is 11.6. The van der Waals surface area contributed by atoms with Crippen molar-refractivity contribution in [2.24, 2.45) is 23.2 Å². The van der Waals surface area contributed by atoms with Gasteiger partial charge in [-0.25, -0.2) is 0 Å². The first kappa shape index (κ1) is 17.7. The van der Waals surface area contributed by atoms with Crippen molar-refractivity contribution >= 4 is 6.29 Å². The zero-order valence-electron chi connectivity index (χ0n) is 14.0. The van der Waals surface area contributed by atoms with Crippen LogP contribution in [0.1, 0.15) is 72.1 Å². The van der Waals surface area contributed by atoms with E-state index >= 15 is 0 Å². The number of aldehydes is 1. The molecule has 3 unspecified atom stereocenters. The van der Waals surface area contributed by atoms with Crippen molar-refractivity contribution in [3.8, 4) is 0 Å². The monoisotopic (exact) mass is 282 g/mol. The molecule has 0 amide bonds. The molecule has 0 aromatic carbocycles. The van der Waals surface area contributed by atoms with Gasteiger partial charge in [0.2, 0.25) is 0 Å². The maximum absolute atomic E-state index is 11.6. The fraction of sp³-hybridized carbons (Fsp3) is 0.944. The van der Waals surface area contributed by atoms with E-state index in [4.69, 9.17) is 4.74 Å². The summed E-state index contributed by atoms with van der Waals surface area (Å²) in [6, 6.07) is 0. The Labute approximate surface area is 125 Å². The van der Waals surface area contributed by atoms with Gasteiger partial charge in [0.1, 0.15) is 6.29 Å². The summed E-state index contributed by atoms with van der Waals surface area (Å²) in [5.74, 6) is 1.61. The third-order valence-corrected chi connectivity index (χ3v) is 5.37. The van der Waals surface area contributed by atoms with Crippen LogP contribution in [0.4, 0.5) is 0 Å². The van der Waals surface area contributed by atoms with Crippen LogP contribution in [0, 0.1) is 23.2 Å². The van der Waals surface area contributed by atoms with E-state index in [2.05, 4.69) is 20.8 Å². The molecule has 0 spiro atoms. The molecule has 1 rings (SSSR count). The van der Waals surface area contributed by atoms with Gasteiger partial charge in [-0.1, -0.05) is 59.3 Å². The van der Waals surface area contributed by atoms with Crippen LogP contribution in [0.5, 0.6) is 0 Å². The third kappa shape index (κ3) is 4.58. The minimum Gasteiger partial charge on any atom is -0.384 e. The van der Waals surface area contributed by atoms with Gasteiger partial charge in [-0.15, -0.1) is 0 Å². The summed E-state index contributed by atoms with van der Waals surface area (Å²) in [5.41, 5.74) is 0.120. The molecule has 0 heterocycles. The second-order valence-corrected chi connectivity index (χ2v) is 7.23. The lowest BCUT2D eigenvalue weighted by Gasteiger charge is -2.38. The van der Waals surface area contributed by atoms with Crippen LogP contribution in [0.3, 0.4) is 0 Å². The fourth-order valence-corrected chi connectivity index (χ4v) is 4.00. The first-order valence-electron chi connectivity index (χ1n) is 8.51. The van der Waals surface area contributed by atoms with E-state index in [1.807, 2.05) is 0 Å². The molecule has 0 saturated heterocycles. The molecule has 0 aromatic rings. The molecular formula is C18H34O2. The van der Waals surface area contributed by atoms with Gasteiger partial charge in [-0.05, 0) is 24.7 Å². The average Bonchev–Trinajstić information content (AvgIpc) is 2.76. The molecule has 0 aromatic heterocycles. The molecule has 1 saturated carbocycles. The predicted octanol–water partition coefficient (Wildman–Crippen LogP) is 4.86. The molecule has 118 valence electrons. The fourth-order valence-electron chi connectivity index (χ4n) is 4.00. The first-order valence-corrected chi connectivity index (χ1v) is 8.51. The van der Waals surface area contributed by atoms with Crippen LogP contribution in [0.2, 0.25) is 0 Å². The number of rotatable bonds is 10. The van der Waals surface area contributed by atoms with Crippen LogP contribution < -0.4 is 0 Å². The van der Waals surface area contributed by atoms with E-state index in [9.17, 15) is 4.79 Å². The van der Waals surface area contributed by atoms with Gasteiger partial charge in [0.25, 0.3) is 0 Å². The third-order valence-electron chi connectivity index (χ3n) is 5.37. The summed E-state index contributed by atoms with van der Waals surface area (Å²) in [6.45, 7) is 7.62. The van der Waals surface area contributed by atoms with Crippen LogP contribution in [-0.2, 0) is 9.53 Å². The minimum absolute atomic E-state index is 0.120. The van der Waals surface area contributed by atoms with E-state index in [1.165, 1.54) is 44.8 Å². The molecule has 0 bridgehead atoms. The van der Waals surface area contributed by atoms with Crippen LogP contribution >= 0.6 is 0 Å². The van der Waals surface area contributed by atoms with Gasteiger partial charge in [-0.2, -0.15) is 0 Å². The Morgan fingerprint density at radius 1 is 1.25 bits per heavy atom. The molecule has 1 aliphatic carbocycles. The number of unbranched alkanes of at least 4 members (excludes halogenated alkanes) is 2. The Hall–Kier alpha value is -0.370. The molecule has 2 heteroatoms. The molecule has 0 N–H and O–H groups in total. The van der Waals surface area contributed by atoms with E-state index in [0.29, 0.717) is 5.92 Å². The molecule has 1 aliphatic rings.